The number of fused-ring (bicyclic) bond motifs is 1. The first-order valence-electron chi connectivity index (χ1n) is 5.37. The maximum absolute atomic E-state index is 14.1. The van der Waals surface area contributed by atoms with E-state index in [2.05, 4.69) is 4.98 Å². The van der Waals surface area contributed by atoms with Gasteiger partial charge >= 0.3 is 0 Å². The molecule has 0 aliphatic carbocycles. The lowest BCUT2D eigenvalue weighted by molar-refractivity contribution is 0.630. The molecule has 0 spiro atoms. The van der Waals surface area contributed by atoms with E-state index in [1.165, 1.54) is 0 Å². The van der Waals surface area contributed by atoms with Crippen molar-refractivity contribution in [1.82, 2.24) is 4.98 Å². The molecule has 0 atom stereocenters. The molecular formula is C13H12Cl2FN. The van der Waals surface area contributed by atoms with Crippen LogP contribution in [0.2, 0.25) is 10.2 Å². The maximum Gasteiger partial charge on any atom is 0.137 e. The minimum Gasteiger partial charge on any atom is -0.236 e. The van der Waals surface area contributed by atoms with Gasteiger partial charge in [-0.15, -0.1) is 0 Å². The summed E-state index contributed by atoms with van der Waals surface area (Å²) < 4.78 is 14.1. The van der Waals surface area contributed by atoms with Crippen molar-refractivity contribution in [2.75, 3.05) is 0 Å². The first-order valence-corrected chi connectivity index (χ1v) is 6.12. The van der Waals surface area contributed by atoms with Crippen molar-refractivity contribution in [3.05, 3.63) is 39.3 Å². The van der Waals surface area contributed by atoms with Crippen LogP contribution in [0.15, 0.2) is 12.1 Å². The first kappa shape index (κ1) is 12.6. The molecule has 0 unspecified atom stereocenters. The van der Waals surface area contributed by atoms with Crippen LogP contribution in [0.4, 0.5) is 4.39 Å². The number of aryl methyl sites for hydroxylation is 1. The Balaban J connectivity index is 2.94. The minimum absolute atomic E-state index is 0.104. The van der Waals surface area contributed by atoms with Gasteiger partial charge in [0.1, 0.15) is 11.0 Å². The van der Waals surface area contributed by atoms with Crippen molar-refractivity contribution in [2.24, 2.45) is 0 Å². The summed E-state index contributed by atoms with van der Waals surface area (Å²) in [6, 6.07) is 3.40. The zero-order chi connectivity index (χ0) is 12.7. The highest BCUT2D eigenvalue weighted by Gasteiger charge is 2.18. The zero-order valence-electron chi connectivity index (χ0n) is 9.81. The molecule has 1 aromatic heterocycles. The van der Waals surface area contributed by atoms with Gasteiger partial charge in [-0.05, 0) is 24.5 Å². The summed E-state index contributed by atoms with van der Waals surface area (Å²) in [6.07, 6.45) is 0. The average Bonchev–Trinajstić information content (AvgIpc) is 2.22. The number of hydrogen-bond acceptors (Lipinski definition) is 1. The van der Waals surface area contributed by atoms with Crippen LogP contribution >= 0.6 is 23.2 Å². The third-order valence-electron chi connectivity index (χ3n) is 2.79. The molecule has 0 N–H and O–H groups in total. The van der Waals surface area contributed by atoms with Crippen LogP contribution in [0.3, 0.4) is 0 Å². The second-order valence-electron chi connectivity index (χ2n) is 4.38. The second-order valence-corrected chi connectivity index (χ2v) is 5.11. The van der Waals surface area contributed by atoms with Gasteiger partial charge in [-0.3, -0.25) is 0 Å². The molecular weight excluding hydrogens is 260 g/mol. The number of benzene rings is 1. The summed E-state index contributed by atoms with van der Waals surface area (Å²) in [4.78, 5) is 4.20. The molecule has 0 amide bonds. The highest BCUT2D eigenvalue weighted by molar-refractivity contribution is 6.39. The Hall–Kier alpha value is -0.860. The number of rotatable bonds is 1. The van der Waals surface area contributed by atoms with E-state index in [1.54, 1.807) is 19.1 Å². The Morgan fingerprint density at radius 2 is 1.88 bits per heavy atom. The van der Waals surface area contributed by atoms with Crippen molar-refractivity contribution >= 4 is 34.1 Å². The predicted octanol–water partition coefficient (Wildman–Crippen LogP) is 5.11. The van der Waals surface area contributed by atoms with E-state index in [0.717, 1.165) is 0 Å². The molecule has 4 heteroatoms. The highest BCUT2D eigenvalue weighted by Crippen LogP contribution is 2.37. The van der Waals surface area contributed by atoms with Crippen molar-refractivity contribution in [3.63, 3.8) is 0 Å². The van der Waals surface area contributed by atoms with Crippen LogP contribution in [0.5, 0.6) is 0 Å². The largest absolute Gasteiger partial charge is 0.236 e. The minimum atomic E-state index is -0.321. The molecule has 0 radical (unpaired) electrons. The number of aromatic nitrogens is 1. The quantitative estimate of drug-likeness (QED) is 0.657. The first-order chi connectivity index (χ1) is 7.93. The summed E-state index contributed by atoms with van der Waals surface area (Å²) >= 11 is 12.3. The molecule has 90 valence electrons. The topological polar surface area (TPSA) is 12.9 Å². The average molecular weight is 272 g/mol. The molecule has 0 aliphatic rings. The van der Waals surface area contributed by atoms with E-state index in [4.69, 9.17) is 23.2 Å². The standard InChI is InChI=1S/C13H12Cl2FN/c1-6(2)9-11(14)10-8(17-13(9)15)5-4-7(3)12(10)16/h4-6H,1-3H3. The number of halogens is 3. The number of hydrogen-bond donors (Lipinski definition) is 0. The Bertz CT molecular complexity index is 594. The highest BCUT2D eigenvalue weighted by atomic mass is 35.5. The fraction of sp³-hybridized carbons (Fsp3) is 0.308. The number of pyridine rings is 1. The van der Waals surface area contributed by atoms with Gasteiger partial charge in [-0.1, -0.05) is 43.1 Å². The van der Waals surface area contributed by atoms with Crippen molar-refractivity contribution < 1.29 is 4.39 Å². The Morgan fingerprint density at radius 3 is 2.47 bits per heavy atom. The van der Waals surface area contributed by atoms with Crippen molar-refractivity contribution in [2.45, 2.75) is 26.7 Å². The van der Waals surface area contributed by atoms with Gasteiger partial charge in [-0.25, -0.2) is 9.37 Å². The van der Waals surface area contributed by atoms with Gasteiger partial charge in [-0.2, -0.15) is 0 Å². The Morgan fingerprint density at radius 1 is 1.24 bits per heavy atom. The van der Waals surface area contributed by atoms with Crippen LogP contribution < -0.4 is 0 Å². The smallest absolute Gasteiger partial charge is 0.137 e. The van der Waals surface area contributed by atoms with Gasteiger partial charge in [0.15, 0.2) is 0 Å². The molecule has 1 nitrogen and oxygen atoms in total. The fourth-order valence-electron chi connectivity index (χ4n) is 1.85. The lowest BCUT2D eigenvalue weighted by atomic mass is 10.0. The van der Waals surface area contributed by atoms with E-state index in [0.29, 0.717) is 32.2 Å². The molecule has 0 aliphatic heterocycles. The SMILES string of the molecule is Cc1ccc2nc(Cl)c(C(C)C)c(Cl)c2c1F. The Kier molecular flexibility index (Phi) is 3.28. The molecule has 0 saturated heterocycles. The Labute approximate surface area is 110 Å². The van der Waals surface area contributed by atoms with E-state index in [-0.39, 0.29) is 11.7 Å². The molecule has 2 aromatic rings. The molecule has 0 saturated carbocycles. The molecule has 0 fully saturated rings. The van der Waals surface area contributed by atoms with Gasteiger partial charge in [0.05, 0.1) is 15.9 Å². The van der Waals surface area contributed by atoms with Crippen molar-refractivity contribution in [3.8, 4) is 0 Å². The third kappa shape index (κ3) is 2.00. The molecule has 1 aromatic carbocycles. The number of nitrogens with zero attached hydrogens (tertiary/aromatic N) is 1. The summed E-state index contributed by atoms with van der Waals surface area (Å²) in [7, 11) is 0. The maximum atomic E-state index is 14.1. The van der Waals surface area contributed by atoms with Crippen LogP contribution in [0.25, 0.3) is 10.9 Å². The van der Waals surface area contributed by atoms with Crippen LogP contribution in [-0.2, 0) is 0 Å². The summed E-state index contributed by atoms with van der Waals surface area (Å²) in [5, 5.41) is 1.08. The van der Waals surface area contributed by atoms with E-state index in [1.807, 2.05) is 13.8 Å². The van der Waals surface area contributed by atoms with E-state index < -0.39 is 0 Å². The van der Waals surface area contributed by atoms with Gasteiger partial charge < -0.3 is 0 Å². The summed E-state index contributed by atoms with van der Waals surface area (Å²) in [6.45, 7) is 5.61. The van der Waals surface area contributed by atoms with E-state index >= 15 is 0 Å². The van der Waals surface area contributed by atoms with Gasteiger partial charge in [0.2, 0.25) is 0 Å². The lowest BCUT2D eigenvalue weighted by Gasteiger charge is -2.13. The lowest BCUT2D eigenvalue weighted by Crippen LogP contribution is -1.97. The molecule has 0 bridgehead atoms. The molecule has 1 heterocycles. The molecule has 17 heavy (non-hydrogen) atoms. The predicted molar refractivity (Wildman–Crippen MR) is 70.5 cm³/mol. The van der Waals surface area contributed by atoms with Crippen LogP contribution in [0.1, 0.15) is 30.9 Å². The van der Waals surface area contributed by atoms with Gasteiger partial charge in [0, 0.05) is 5.56 Å². The van der Waals surface area contributed by atoms with E-state index in [9.17, 15) is 4.39 Å². The summed E-state index contributed by atoms with van der Waals surface area (Å²) in [5.41, 5.74) is 1.75. The van der Waals surface area contributed by atoms with Gasteiger partial charge in [0.25, 0.3) is 0 Å². The normalized spacial score (nSPS) is 11.5. The van der Waals surface area contributed by atoms with Crippen LogP contribution in [0, 0.1) is 12.7 Å². The summed E-state index contributed by atoms with van der Waals surface area (Å²) in [5.74, 6) is -0.217. The monoisotopic (exact) mass is 271 g/mol. The second kappa shape index (κ2) is 4.43. The zero-order valence-corrected chi connectivity index (χ0v) is 11.3. The molecule has 2 rings (SSSR count). The fourth-order valence-corrected chi connectivity index (χ4v) is 2.79. The van der Waals surface area contributed by atoms with Crippen molar-refractivity contribution in [1.29, 1.82) is 0 Å². The third-order valence-corrected chi connectivity index (χ3v) is 3.47. The van der Waals surface area contributed by atoms with Crippen LogP contribution in [-0.4, -0.2) is 4.98 Å².